The van der Waals surface area contributed by atoms with E-state index in [9.17, 15) is 5.11 Å². The summed E-state index contributed by atoms with van der Waals surface area (Å²) < 4.78 is 10.4. The topological polar surface area (TPSA) is 89.1 Å². The molecule has 20 heavy (non-hydrogen) atoms. The molecule has 1 fully saturated rings. The summed E-state index contributed by atoms with van der Waals surface area (Å²) in [4.78, 5) is 4.28. The van der Waals surface area contributed by atoms with E-state index in [2.05, 4.69) is 10.3 Å². The molecular weight excluding hydrogens is 258 g/mol. The Bertz CT molecular complexity index is 485. The minimum Gasteiger partial charge on any atom is -0.493 e. The van der Waals surface area contributed by atoms with Crippen LogP contribution in [0.2, 0.25) is 0 Å². The predicted molar refractivity (Wildman–Crippen MR) is 77.0 cm³/mol. The lowest BCUT2D eigenvalue weighted by Gasteiger charge is -2.32. The molecule has 0 bridgehead atoms. The van der Waals surface area contributed by atoms with Gasteiger partial charge in [-0.1, -0.05) is 6.07 Å². The number of nitrogens with two attached hydrogens (primary N) is 1. The Hall–Kier alpha value is -1.95. The molecule has 0 spiro atoms. The van der Waals surface area contributed by atoms with Crippen molar-refractivity contribution in [2.45, 2.75) is 31.5 Å². The van der Waals surface area contributed by atoms with Gasteiger partial charge in [0.2, 0.25) is 0 Å². The summed E-state index contributed by atoms with van der Waals surface area (Å²) in [5.41, 5.74) is 6.79. The molecule has 0 saturated heterocycles. The van der Waals surface area contributed by atoms with E-state index in [1.807, 2.05) is 18.2 Å². The Morgan fingerprint density at radius 2 is 2.05 bits per heavy atom. The van der Waals surface area contributed by atoms with E-state index >= 15 is 0 Å². The highest BCUT2D eigenvalue weighted by atomic mass is 16.5. The Balaban J connectivity index is 1.92. The molecule has 1 aliphatic carbocycles. The second-order valence-corrected chi connectivity index (χ2v) is 4.86. The van der Waals surface area contributed by atoms with E-state index in [1.165, 1.54) is 0 Å². The maximum atomic E-state index is 9.20. The Kier molecular flexibility index (Phi) is 4.68. The van der Waals surface area contributed by atoms with Crippen molar-refractivity contribution in [2.24, 2.45) is 10.7 Å². The van der Waals surface area contributed by atoms with E-state index in [4.69, 9.17) is 15.2 Å². The van der Waals surface area contributed by atoms with Gasteiger partial charge >= 0.3 is 0 Å². The molecule has 1 aromatic rings. The van der Waals surface area contributed by atoms with Crippen LogP contribution in [-0.2, 0) is 6.54 Å². The average Bonchev–Trinajstić information content (AvgIpc) is 2.43. The molecule has 0 unspecified atom stereocenters. The summed E-state index contributed by atoms with van der Waals surface area (Å²) in [6.45, 7) is 0.467. The smallest absolute Gasteiger partial charge is 0.189 e. The van der Waals surface area contributed by atoms with Crippen molar-refractivity contribution >= 4 is 5.96 Å². The summed E-state index contributed by atoms with van der Waals surface area (Å²) in [5, 5.41) is 12.3. The normalized spacial score (nSPS) is 22.1. The summed E-state index contributed by atoms with van der Waals surface area (Å²) >= 11 is 0. The number of aliphatic hydroxyl groups excluding tert-OH is 1. The number of benzene rings is 1. The van der Waals surface area contributed by atoms with Gasteiger partial charge in [0.25, 0.3) is 0 Å². The van der Waals surface area contributed by atoms with Crippen molar-refractivity contribution in [3.63, 3.8) is 0 Å². The van der Waals surface area contributed by atoms with E-state index in [-0.39, 0.29) is 12.1 Å². The van der Waals surface area contributed by atoms with Gasteiger partial charge in [0.15, 0.2) is 17.5 Å². The lowest BCUT2D eigenvalue weighted by atomic mass is 9.90. The van der Waals surface area contributed by atoms with Gasteiger partial charge in [-0.15, -0.1) is 0 Å². The first kappa shape index (κ1) is 14.5. The largest absolute Gasteiger partial charge is 0.493 e. The summed E-state index contributed by atoms with van der Waals surface area (Å²) in [5.74, 6) is 1.76. The number of rotatable bonds is 5. The molecule has 1 aliphatic rings. The second-order valence-electron chi connectivity index (χ2n) is 4.86. The molecule has 110 valence electrons. The predicted octanol–water partition coefficient (Wildman–Crippen LogP) is 0.631. The molecule has 6 heteroatoms. The van der Waals surface area contributed by atoms with Crippen LogP contribution >= 0.6 is 0 Å². The van der Waals surface area contributed by atoms with E-state index < -0.39 is 0 Å². The maximum absolute atomic E-state index is 9.20. The fourth-order valence-electron chi connectivity index (χ4n) is 2.12. The molecule has 0 aromatic heterocycles. The Morgan fingerprint density at radius 3 is 2.65 bits per heavy atom. The summed E-state index contributed by atoms with van der Waals surface area (Å²) in [7, 11) is 3.20. The van der Waals surface area contributed by atoms with Crippen molar-refractivity contribution in [1.82, 2.24) is 5.32 Å². The first-order valence-corrected chi connectivity index (χ1v) is 6.57. The molecule has 2 rings (SSSR count). The molecule has 1 aromatic carbocycles. The third-order valence-corrected chi connectivity index (χ3v) is 3.35. The number of ether oxygens (including phenoxy) is 2. The van der Waals surface area contributed by atoms with E-state index in [0.717, 1.165) is 18.4 Å². The van der Waals surface area contributed by atoms with Gasteiger partial charge in [-0.2, -0.15) is 0 Å². The molecule has 0 radical (unpaired) electrons. The monoisotopic (exact) mass is 279 g/mol. The van der Waals surface area contributed by atoms with E-state index in [1.54, 1.807) is 14.2 Å². The van der Waals surface area contributed by atoms with Crippen molar-refractivity contribution in [3.8, 4) is 11.5 Å². The highest BCUT2D eigenvalue weighted by Crippen LogP contribution is 2.27. The van der Waals surface area contributed by atoms with Crippen LogP contribution in [0.1, 0.15) is 18.4 Å². The molecular formula is C14H21N3O3. The van der Waals surface area contributed by atoms with Crippen molar-refractivity contribution in [2.75, 3.05) is 14.2 Å². The van der Waals surface area contributed by atoms with E-state index in [0.29, 0.717) is 24.0 Å². The Labute approximate surface area is 118 Å². The first-order valence-electron chi connectivity index (χ1n) is 6.57. The number of hydrogen-bond donors (Lipinski definition) is 3. The van der Waals surface area contributed by atoms with Gasteiger partial charge in [0, 0.05) is 6.04 Å². The van der Waals surface area contributed by atoms with Crippen LogP contribution < -0.4 is 20.5 Å². The Morgan fingerprint density at radius 1 is 1.35 bits per heavy atom. The molecule has 4 N–H and O–H groups in total. The van der Waals surface area contributed by atoms with Crippen LogP contribution in [0.4, 0.5) is 0 Å². The van der Waals surface area contributed by atoms with Crippen LogP contribution in [0.5, 0.6) is 11.5 Å². The van der Waals surface area contributed by atoms with Crippen LogP contribution in [-0.4, -0.2) is 37.4 Å². The van der Waals surface area contributed by atoms with Gasteiger partial charge in [-0.25, -0.2) is 4.99 Å². The minimum atomic E-state index is -0.203. The first-order chi connectivity index (χ1) is 9.62. The number of methoxy groups -OCH3 is 2. The van der Waals surface area contributed by atoms with Gasteiger partial charge < -0.3 is 25.6 Å². The lowest BCUT2D eigenvalue weighted by Crippen LogP contribution is -2.49. The van der Waals surface area contributed by atoms with Crippen LogP contribution in [0.3, 0.4) is 0 Å². The van der Waals surface area contributed by atoms with Crippen molar-refractivity contribution in [3.05, 3.63) is 23.8 Å². The fraction of sp³-hybridized carbons (Fsp3) is 0.500. The molecule has 1 saturated carbocycles. The van der Waals surface area contributed by atoms with Crippen molar-refractivity contribution < 1.29 is 14.6 Å². The second kappa shape index (κ2) is 6.47. The molecule has 0 aliphatic heterocycles. The zero-order valence-corrected chi connectivity index (χ0v) is 11.8. The number of guanidine groups is 1. The molecule has 0 atom stereocenters. The maximum Gasteiger partial charge on any atom is 0.189 e. The van der Waals surface area contributed by atoms with Gasteiger partial charge in [-0.3, -0.25) is 0 Å². The quantitative estimate of drug-likeness (QED) is 0.543. The molecule has 6 nitrogen and oxygen atoms in total. The minimum absolute atomic E-state index is 0.203. The zero-order chi connectivity index (χ0) is 14.5. The number of nitrogens with zero attached hydrogens (tertiary/aromatic N) is 1. The molecule has 0 amide bonds. The van der Waals surface area contributed by atoms with Crippen LogP contribution in [0.25, 0.3) is 0 Å². The number of nitrogens with one attached hydrogen (secondary N) is 1. The van der Waals surface area contributed by atoms with Crippen LogP contribution in [0, 0.1) is 0 Å². The highest BCUT2D eigenvalue weighted by molar-refractivity contribution is 5.78. The average molecular weight is 279 g/mol. The number of hydrogen-bond acceptors (Lipinski definition) is 4. The van der Waals surface area contributed by atoms with Gasteiger partial charge in [0.05, 0.1) is 26.9 Å². The summed E-state index contributed by atoms with van der Waals surface area (Å²) in [6, 6.07) is 5.88. The number of aliphatic hydroxyl groups is 1. The van der Waals surface area contributed by atoms with Gasteiger partial charge in [0.1, 0.15) is 0 Å². The number of aliphatic imine (C=N–C) groups is 1. The third kappa shape index (κ3) is 3.54. The third-order valence-electron chi connectivity index (χ3n) is 3.35. The fourth-order valence-corrected chi connectivity index (χ4v) is 2.12. The lowest BCUT2D eigenvalue weighted by molar-refractivity contribution is 0.0697. The summed E-state index contributed by atoms with van der Waals surface area (Å²) in [6.07, 6.45) is 1.25. The SMILES string of the molecule is COc1ccc(CN=C(N)NC2CC(O)C2)cc1OC. The molecule has 0 heterocycles. The van der Waals surface area contributed by atoms with Crippen LogP contribution in [0.15, 0.2) is 23.2 Å². The standard InChI is InChI=1S/C14H21N3O3/c1-19-12-4-3-9(5-13(12)20-2)8-16-14(15)17-10-6-11(18)7-10/h3-5,10-11,18H,6-8H2,1-2H3,(H3,15,16,17). The van der Waals surface area contributed by atoms with Crippen molar-refractivity contribution in [1.29, 1.82) is 0 Å². The zero-order valence-electron chi connectivity index (χ0n) is 11.8. The van der Waals surface area contributed by atoms with Gasteiger partial charge in [-0.05, 0) is 30.5 Å². The highest BCUT2D eigenvalue weighted by Gasteiger charge is 2.27.